The number of allylic oxidation sites excluding steroid dienone is 2. The molecule has 0 bridgehead atoms. The molecule has 0 aromatic heterocycles. The van der Waals surface area contributed by atoms with Gasteiger partial charge >= 0.3 is 0 Å². The van der Waals surface area contributed by atoms with Gasteiger partial charge in [0, 0.05) is 0 Å². The van der Waals surface area contributed by atoms with Crippen LogP contribution in [0.4, 0.5) is 0 Å². The fourth-order valence-corrected chi connectivity index (χ4v) is 0.271. The second kappa shape index (κ2) is 3.89. The minimum Gasteiger partial charge on any atom is -0.483 e. The van der Waals surface area contributed by atoms with Gasteiger partial charge in [-0.3, -0.25) is 0 Å². The van der Waals surface area contributed by atoms with Gasteiger partial charge in [-0.2, -0.15) is 0 Å². The van der Waals surface area contributed by atoms with E-state index in [9.17, 15) is 0 Å². The Bertz CT molecular complexity index is 142. The molecule has 0 aromatic rings. The predicted molar refractivity (Wildman–Crippen MR) is 37.3 cm³/mol. The molecule has 0 aliphatic rings. The minimum atomic E-state index is 0.245. The molecule has 0 saturated heterocycles. The van der Waals surface area contributed by atoms with Gasteiger partial charge in [-0.1, -0.05) is 5.47 Å². The molecule has 2 radical (unpaired) electrons. The summed E-state index contributed by atoms with van der Waals surface area (Å²) < 4.78 is 4.59. The Hall–Kier alpha value is -1.06. The summed E-state index contributed by atoms with van der Waals surface area (Å²) in [5.41, 5.74) is 10.6. The molecule has 0 unspecified atom stereocenters. The first kappa shape index (κ1) is 7.94. The summed E-state index contributed by atoms with van der Waals surface area (Å²) in [5, 5.41) is 0. The van der Waals surface area contributed by atoms with E-state index in [2.05, 4.69) is 4.74 Å². The van der Waals surface area contributed by atoms with Gasteiger partial charge in [0.25, 0.3) is 0 Å². The van der Waals surface area contributed by atoms with E-state index in [4.69, 9.17) is 19.3 Å². The molecule has 0 spiro atoms. The third-order valence-corrected chi connectivity index (χ3v) is 0.737. The summed E-state index contributed by atoms with van der Waals surface area (Å²) in [6, 6.07) is 0. The Morgan fingerprint density at radius 2 is 2.22 bits per heavy atom. The first-order valence-electron chi connectivity index (χ1n) is 2.39. The van der Waals surface area contributed by atoms with E-state index in [1.165, 1.54) is 19.4 Å². The van der Waals surface area contributed by atoms with Gasteiger partial charge in [-0.15, -0.1) is 0 Å². The quantitative estimate of drug-likeness (QED) is 0.293. The van der Waals surface area contributed by atoms with Crippen molar-refractivity contribution >= 4 is 7.85 Å². The van der Waals surface area contributed by atoms with E-state index in [0.717, 1.165) is 0 Å². The second-order valence-electron chi connectivity index (χ2n) is 1.42. The van der Waals surface area contributed by atoms with Crippen molar-refractivity contribution in [3.8, 4) is 0 Å². The number of ether oxygens (including phenoxy) is 1. The number of methoxy groups -OCH3 is 1. The number of nitrogens with two attached hydrogens (primary N) is 2. The van der Waals surface area contributed by atoms with E-state index in [1.807, 2.05) is 0 Å². The van der Waals surface area contributed by atoms with Crippen LogP contribution in [0.2, 0.25) is 0 Å². The molecule has 0 aromatic carbocycles. The fourth-order valence-electron chi connectivity index (χ4n) is 0.271. The number of rotatable bonds is 2. The first-order chi connectivity index (χ1) is 4.20. The molecule has 0 atom stereocenters. The largest absolute Gasteiger partial charge is 0.483 e. The molecule has 0 fully saturated rings. The zero-order chi connectivity index (χ0) is 7.28. The standard InChI is InChI=1S/C5H9BN2O/c1-9-5(8)2-4(6)3-7/h2-3H,7-8H2,1H3/b4-3+,5-2+. The van der Waals surface area contributed by atoms with E-state index in [0.29, 0.717) is 5.47 Å². The van der Waals surface area contributed by atoms with E-state index in [1.54, 1.807) is 0 Å². The van der Waals surface area contributed by atoms with E-state index in [-0.39, 0.29) is 5.88 Å². The van der Waals surface area contributed by atoms with Gasteiger partial charge in [0.05, 0.1) is 7.11 Å². The smallest absolute Gasteiger partial charge is 0.183 e. The first-order valence-corrected chi connectivity index (χ1v) is 2.39. The minimum absolute atomic E-state index is 0.245. The summed E-state index contributed by atoms with van der Waals surface area (Å²) in [7, 11) is 6.70. The van der Waals surface area contributed by atoms with E-state index < -0.39 is 0 Å². The molecular formula is C5H9BN2O. The highest BCUT2D eigenvalue weighted by atomic mass is 16.5. The highest BCUT2D eigenvalue weighted by Gasteiger charge is 1.84. The maximum absolute atomic E-state index is 5.25. The van der Waals surface area contributed by atoms with Crippen molar-refractivity contribution in [2.24, 2.45) is 11.5 Å². The molecule has 0 heterocycles. The van der Waals surface area contributed by atoms with E-state index >= 15 is 0 Å². The Labute approximate surface area is 55.8 Å². The maximum Gasteiger partial charge on any atom is 0.183 e. The third-order valence-electron chi connectivity index (χ3n) is 0.737. The average molecular weight is 124 g/mol. The molecule has 0 saturated carbocycles. The van der Waals surface area contributed by atoms with Crippen LogP contribution in [-0.4, -0.2) is 15.0 Å². The van der Waals surface area contributed by atoms with Gasteiger partial charge in [-0.05, 0) is 12.3 Å². The van der Waals surface area contributed by atoms with Gasteiger partial charge in [0.15, 0.2) is 5.88 Å². The van der Waals surface area contributed by atoms with Gasteiger partial charge in [0.1, 0.15) is 7.85 Å². The molecular weight excluding hydrogens is 115 g/mol. The molecule has 3 nitrogen and oxygen atoms in total. The molecule has 4 N–H and O–H groups in total. The Balaban J connectivity index is 3.95. The van der Waals surface area contributed by atoms with Crippen LogP contribution < -0.4 is 11.5 Å². The summed E-state index contributed by atoms with van der Waals surface area (Å²) in [4.78, 5) is 0. The predicted octanol–water partition coefficient (Wildman–Crippen LogP) is -0.598. The number of hydrogen-bond acceptors (Lipinski definition) is 3. The average Bonchev–Trinajstić information content (AvgIpc) is 1.87. The zero-order valence-corrected chi connectivity index (χ0v) is 5.29. The topological polar surface area (TPSA) is 61.3 Å². The lowest BCUT2D eigenvalue weighted by Gasteiger charge is -1.96. The van der Waals surface area contributed by atoms with Crippen molar-refractivity contribution in [2.75, 3.05) is 7.11 Å². The lowest BCUT2D eigenvalue weighted by Crippen LogP contribution is -2.00. The third kappa shape index (κ3) is 3.52. The van der Waals surface area contributed by atoms with Gasteiger partial charge in [-0.25, -0.2) is 0 Å². The monoisotopic (exact) mass is 124 g/mol. The zero-order valence-electron chi connectivity index (χ0n) is 5.29. The SMILES string of the molecule is [B]C(=C/N)/C=C(\N)OC. The van der Waals surface area contributed by atoms with Crippen molar-refractivity contribution in [2.45, 2.75) is 0 Å². The lowest BCUT2D eigenvalue weighted by atomic mass is 9.97. The van der Waals surface area contributed by atoms with Crippen molar-refractivity contribution in [3.05, 3.63) is 23.6 Å². The van der Waals surface area contributed by atoms with Crippen LogP contribution in [0.5, 0.6) is 0 Å². The van der Waals surface area contributed by atoms with Crippen LogP contribution in [0, 0.1) is 0 Å². The maximum atomic E-state index is 5.25. The molecule has 9 heavy (non-hydrogen) atoms. The van der Waals surface area contributed by atoms with Crippen molar-refractivity contribution in [3.63, 3.8) is 0 Å². The van der Waals surface area contributed by atoms with Crippen LogP contribution in [-0.2, 0) is 4.74 Å². The van der Waals surface area contributed by atoms with Gasteiger partial charge < -0.3 is 16.2 Å². The summed E-state index contributed by atoms with van der Waals surface area (Å²) >= 11 is 0. The highest BCUT2D eigenvalue weighted by molar-refractivity contribution is 6.23. The highest BCUT2D eigenvalue weighted by Crippen LogP contribution is 1.90. The summed E-state index contributed by atoms with van der Waals surface area (Å²) in [6.45, 7) is 0. The molecule has 0 rings (SSSR count). The van der Waals surface area contributed by atoms with Gasteiger partial charge in [0.2, 0.25) is 0 Å². The van der Waals surface area contributed by atoms with Crippen LogP contribution in [0.1, 0.15) is 0 Å². The Morgan fingerprint density at radius 3 is 2.56 bits per heavy atom. The normalized spacial score (nSPS) is 13.4. The van der Waals surface area contributed by atoms with Crippen LogP contribution >= 0.6 is 0 Å². The fraction of sp³-hybridized carbons (Fsp3) is 0.200. The summed E-state index contributed by atoms with van der Waals surface area (Å²) in [6.07, 6.45) is 2.67. The molecule has 0 aliphatic heterocycles. The van der Waals surface area contributed by atoms with Crippen molar-refractivity contribution in [1.82, 2.24) is 0 Å². The number of hydrogen-bond donors (Lipinski definition) is 2. The van der Waals surface area contributed by atoms with Crippen LogP contribution in [0.15, 0.2) is 23.6 Å². The molecule has 0 aliphatic carbocycles. The van der Waals surface area contributed by atoms with Crippen LogP contribution in [0.3, 0.4) is 0 Å². The molecule has 4 heteroatoms. The second-order valence-corrected chi connectivity index (χ2v) is 1.42. The Kier molecular flexibility index (Phi) is 3.43. The van der Waals surface area contributed by atoms with Crippen molar-refractivity contribution < 1.29 is 4.74 Å². The lowest BCUT2D eigenvalue weighted by molar-refractivity contribution is 0.287. The summed E-state index contributed by atoms with van der Waals surface area (Å²) in [5.74, 6) is 0.245. The Morgan fingerprint density at radius 1 is 1.67 bits per heavy atom. The van der Waals surface area contributed by atoms with Crippen LogP contribution in [0.25, 0.3) is 0 Å². The molecule has 0 amide bonds. The van der Waals surface area contributed by atoms with Crippen molar-refractivity contribution in [1.29, 1.82) is 0 Å². The molecule has 48 valence electrons.